The highest BCUT2D eigenvalue weighted by Crippen LogP contribution is 2.29. The second-order valence-electron chi connectivity index (χ2n) is 4.48. The minimum atomic E-state index is 0.122. The standard InChI is InChI=1S/C14H19N3O/c1-4-7-10-9-15-12-8-13(18)17(14(12)16-10)11(5-2)6-3/h4,7,9,11H,5-6,8H2,1-3H3/b7-4-. The molecule has 0 saturated heterocycles. The van der Waals surface area contributed by atoms with Crippen LogP contribution >= 0.6 is 0 Å². The Bertz CT molecular complexity index is 478. The minimum absolute atomic E-state index is 0.122. The number of rotatable bonds is 4. The van der Waals surface area contributed by atoms with E-state index in [4.69, 9.17) is 0 Å². The first-order valence-electron chi connectivity index (χ1n) is 6.51. The molecule has 0 bridgehead atoms. The Balaban J connectivity index is 2.41. The van der Waals surface area contributed by atoms with Crippen LogP contribution < -0.4 is 4.90 Å². The number of nitrogens with zero attached hydrogens (tertiary/aromatic N) is 3. The lowest BCUT2D eigenvalue weighted by Crippen LogP contribution is -2.37. The second kappa shape index (κ2) is 5.29. The molecule has 0 radical (unpaired) electrons. The largest absolute Gasteiger partial charge is 0.292 e. The number of hydrogen-bond donors (Lipinski definition) is 0. The topological polar surface area (TPSA) is 46.1 Å². The van der Waals surface area contributed by atoms with E-state index in [1.54, 1.807) is 6.20 Å². The molecule has 0 spiro atoms. The summed E-state index contributed by atoms with van der Waals surface area (Å²) in [5.74, 6) is 0.876. The number of fused-ring (bicyclic) bond motifs is 1. The Hall–Kier alpha value is -1.71. The summed E-state index contributed by atoms with van der Waals surface area (Å²) in [4.78, 5) is 22.8. The van der Waals surface area contributed by atoms with Crippen LogP contribution in [0, 0.1) is 0 Å². The molecular formula is C14H19N3O. The van der Waals surface area contributed by atoms with Gasteiger partial charge in [0, 0.05) is 6.04 Å². The second-order valence-corrected chi connectivity index (χ2v) is 4.48. The summed E-state index contributed by atoms with van der Waals surface area (Å²) in [6, 6.07) is 0.230. The van der Waals surface area contributed by atoms with E-state index in [2.05, 4.69) is 23.8 Å². The predicted octanol–water partition coefficient (Wildman–Crippen LogP) is 2.59. The maximum absolute atomic E-state index is 12.1. The monoisotopic (exact) mass is 245 g/mol. The normalized spacial score (nSPS) is 14.9. The maximum atomic E-state index is 12.1. The Kier molecular flexibility index (Phi) is 3.75. The van der Waals surface area contributed by atoms with Crippen LogP contribution in [0.1, 0.15) is 45.0 Å². The molecule has 0 unspecified atom stereocenters. The van der Waals surface area contributed by atoms with Crippen LogP contribution in [0.25, 0.3) is 6.08 Å². The van der Waals surface area contributed by atoms with Gasteiger partial charge < -0.3 is 0 Å². The fourth-order valence-corrected chi connectivity index (χ4v) is 2.36. The van der Waals surface area contributed by atoms with Crippen LogP contribution in [0.2, 0.25) is 0 Å². The number of aromatic nitrogens is 2. The molecule has 0 fully saturated rings. The SMILES string of the molecule is C/C=C\c1cnc2c(n1)N(C(CC)CC)C(=O)C2. The molecule has 2 rings (SSSR count). The van der Waals surface area contributed by atoms with Gasteiger partial charge in [0.25, 0.3) is 0 Å². The van der Waals surface area contributed by atoms with Crippen molar-refractivity contribution >= 4 is 17.8 Å². The zero-order valence-corrected chi connectivity index (χ0v) is 11.2. The quantitative estimate of drug-likeness (QED) is 0.819. The smallest absolute Gasteiger partial charge is 0.234 e. The molecule has 0 aromatic carbocycles. The van der Waals surface area contributed by atoms with Crippen molar-refractivity contribution in [1.29, 1.82) is 0 Å². The van der Waals surface area contributed by atoms with Crippen LogP contribution in [0.15, 0.2) is 12.3 Å². The Morgan fingerprint density at radius 3 is 2.78 bits per heavy atom. The van der Waals surface area contributed by atoms with Crippen LogP contribution in [0.5, 0.6) is 0 Å². The van der Waals surface area contributed by atoms with Crippen molar-refractivity contribution in [3.63, 3.8) is 0 Å². The number of carbonyl (C=O) groups is 1. The van der Waals surface area contributed by atoms with Crippen molar-refractivity contribution in [3.05, 3.63) is 23.7 Å². The molecule has 1 aromatic rings. The predicted molar refractivity (Wildman–Crippen MR) is 72.3 cm³/mol. The molecule has 0 saturated carbocycles. The molecule has 18 heavy (non-hydrogen) atoms. The van der Waals surface area contributed by atoms with Crippen molar-refractivity contribution in [1.82, 2.24) is 9.97 Å². The highest BCUT2D eigenvalue weighted by Gasteiger charge is 2.33. The van der Waals surface area contributed by atoms with E-state index >= 15 is 0 Å². The molecular weight excluding hydrogens is 226 g/mol. The first kappa shape index (κ1) is 12.7. The summed E-state index contributed by atoms with van der Waals surface area (Å²) in [6.45, 7) is 6.14. The van der Waals surface area contributed by atoms with E-state index in [1.807, 2.05) is 24.0 Å². The van der Waals surface area contributed by atoms with Gasteiger partial charge in [-0.2, -0.15) is 0 Å². The minimum Gasteiger partial charge on any atom is -0.292 e. The number of allylic oxidation sites excluding steroid dienone is 1. The third-order valence-electron chi connectivity index (χ3n) is 3.31. The molecule has 0 atom stereocenters. The highest BCUT2D eigenvalue weighted by atomic mass is 16.2. The third-order valence-corrected chi connectivity index (χ3v) is 3.31. The summed E-state index contributed by atoms with van der Waals surface area (Å²) in [5.41, 5.74) is 1.61. The van der Waals surface area contributed by atoms with Gasteiger partial charge in [-0.3, -0.25) is 14.7 Å². The van der Waals surface area contributed by atoms with E-state index in [0.717, 1.165) is 30.0 Å². The molecule has 1 aromatic heterocycles. The van der Waals surface area contributed by atoms with Gasteiger partial charge in [0.1, 0.15) is 0 Å². The molecule has 0 aliphatic carbocycles. The maximum Gasteiger partial charge on any atom is 0.234 e. The van der Waals surface area contributed by atoms with Gasteiger partial charge in [0.2, 0.25) is 5.91 Å². The molecule has 1 aliphatic heterocycles. The van der Waals surface area contributed by atoms with Gasteiger partial charge in [-0.15, -0.1) is 0 Å². The van der Waals surface area contributed by atoms with Crippen molar-refractivity contribution in [2.24, 2.45) is 0 Å². The van der Waals surface area contributed by atoms with Crippen LogP contribution in [-0.2, 0) is 11.2 Å². The Morgan fingerprint density at radius 2 is 2.17 bits per heavy atom. The van der Waals surface area contributed by atoms with Crippen LogP contribution in [0.3, 0.4) is 0 Å². The molecule has 96 valence electrons. The fraction of sp³-hybridized carbons (Fsp3) is 0.500. The van der Waals surface area contributed by atoms with Crippen molar-refractivity contribution in [2.75, 3.05) is 4.90 Å². The highest BCUT2D eigenvalue weighted by molar-refractivity contribution is 6.00. The van der Waals surface area contributed by atoms with E-state index in [-0.39, 0.29) is 11.9 Å². The van der Waals surface area contributed by atoms with Gasteiger partial charge in [-0.1, -0.05) is 19.9 Å². The Morgan fingerprint density at radius 1 is 1.44 bits per heavy atom. The summed E-state index contributed by atoms with van der Waals surface area (Å²) in [7, 11) is 0. The van der Waals surface area contributed by atoms with Crippen molar-refractivity contribution in [2.45, 2.75) is 46.1 Å². The number of anilines is 1. The van der Waals surface area contributed by atoms with Crippen LogP contribution in [0.4, 0.5) is 5.82 Å². The van der Waals surface area contributed by atoms with Gasteiger partial charge in [0.05, 0.1) is 24.0 Å². The Labute approximate surface area is 108 Å². The summed E-state index contributed by atoms with van der Waals surface area (Å²) < 4.78 is 0. The summed E-state index contributed by atoms with van der Waals surface area (Å²) in [6.07, 6.45) is 7.82. The van der Waals surface area contributed by atoms with Gasteiger partial charge in [0.15, 0.2) is 5.82 Å². The summed E-state index contributed by atoms with van der Waals surface area (Å²) in [5, 5.41) is 0. The average Bonchev–Trinajstić information content (AvgIpc) is 2.68. The number of carbonyl (C=O) groups excluding carboxylic acids is 1. The van der Waals surface area contributed by atoms with Gasteiger partial charge in [-0.25, -0.2) is 4.98 Å². The van der Waals surface area contributed by atoms with Gasteiger partial charge >= 0.3 is 0 Å². The zero-order valence-electron chi connectivity index (χ0n) is 11.2. The van der Waals surface area contributed by atoms with E-state index in [9.17, 15) is 4.79 Å². The first-order valence-corrected chi connectivity index (χ1v) is 6.51. The van der Waals surface area contributed by atoms with Crippen LogP contribution in [-0.4, -0.2) is 21.9 Å². The van der Waals surface area contributed by atoms with Crippen molar-refractivity contribution in [3.8, 4) is 0 Å². The molecule has 1 amide bonds. The van der Waals surface area contributed by atoms with E-state index < -0.39 is 0 Å². The van der Waals surface area contributed by atoms with E-state index in [0.29, 0.717) is 6.42 Å². The zero-order chi connectivity index (χ0) is 13.1. The van der Waals surface area contributed by atoms with E-state index in [1.165, 1.54) is 0 Å². The molecule has 2 heterocycles. The first-order chi connectivity index (χ1) is 8.71. The van der Waals surface area contributed by atoms with Gasteiger partial charge in [-0.05, 0) is 25.8 Å². The molecule has 4 heteroatoms. The van der Waals surface area contributed by atoms with Crippen molar-refractivity contribution < 1.29 is 4.79 Å². The number of hydrogen-bond acceptors (Lipinski definition) is 3. The third kappa shape index (κ3) is 2.15. The molecule has 1 aliphatic rings. The lowest BCUT2D eigenvalue weighted by atomic mass is 10.1. The summed E-state index contributed by atoms with van der Waals surface area (Å²) >= 11 is 0. The molecule has 4 nitrogen and oxygen atoms in total. The molecule has 0 N–H and O–H groups in total. The lowest BCUT2D eigenvalue weighted by Gasteiger charge is -2.25. The fourth-order valence-electron chi connectivity index (χ4n) is 2.36. The lowest BCUT2D eigenvalue weighted by molar-refractivity contribution is -0.117. The average molecular weight is 245 g/mol. The number of amides is 1.